The van der Waals surface area contributed by atoms with E-state index in [1.165, 1.54) is 16.8 Å². The molecular formula is C11H12N4O4S2. The molecule has 0 spiro atoms. The number of nitrogens with one attached hydrogen (secondary N) is 1. The zero-order chi connectivity index (χ0) is 15.4. The van der Waals surface area contributed by atoms with E-state index in [4.69, 9.17) is 5.21 Å². The number of hydrogen-bond acceptors (Lipinski definition) is 7. The Bertz CT molecular complexity index is 654. The van der Waals surface area contributed by atoms with Gasteiger partial charge in [0.15, 0.2) is 5.13 Å². The van der Waals surface area contributed by atoms with Gasteiger partial charge in [-0.25, -0.2) is 25.1 Å². The molecule has 112 valence electrons. The maximum atomic E-state index is 11.4. The Morgan fingerprint density at radius 2 is 2.19 bits per heavy atom. The summed E-state index contributed by atoms with van der Waals surface area (Å²) in [6, 6.07) is 0. The van der Waals surface area contributed by atoms with Gasteiger partial charge in [-0.3, -0.25) is 10.0 Å². The Kier molecular flexibility index (Phi) is 4.83. The summed E-state index contributed by atoms with van der Waals surface area (Å²) in [6.45, 7) is 1.97. The topological polar surface area (TPSA) is 116 Å². The Morgan fingerprint density at radius 1 is 1.43 bits per heavy atom. The average molecular weight is 328 g/mol. The predicted molar refractivity (Wildman–Crippen MR) is 76.8 cm³/mol. The van der Waals surface area contributed by atoms with Gasteiger partial charge in [0.05, 0.1) is 29.9 Å². The van der Waals surface area contributed by atoms with Gasteiger partial charge in [-0.05, 0) is 6.92 Å². The minimum absolute atomic E-state index is 0.111. The predicted octanol–water partition coefficient (Wildman–Crippen LogP) is 1.64. The van der Waals surface area contributed by atoms with Crippen molar-refractivity contribution in [2.75, 3.05) is 4.90 Å². The minimum Gasteiger partial charge on any atom is -0.465 e. The number of carbonyl (C=O) groups excluding carboxylic acids is 1. The molecular weight excluding hydrogens is 316 g/mol. The van der Waals surface area contributed by atoms with Crippen molar-refractivity contribution in [3.05, 3.63) is 27.2 Å². The van der Waals surface area contributed by atoms with Gasteiger partial charge in [-0.15, -0.1) is 22.7 Å². The number of hydroxylamine groups is 1. The van der Waals surface area contributed by atoms with Crippen LogP contribution in [0.15, 0.2) is 10.9 Å². The molecule has 0 aliphatic carbocycles. The van der Waals surface area contributed by atoms with Crippen molar-refractivity contribution in [1.82, 2.24) is 15.4 Å². The molecule has 2 heterocycles. The van der Waals surface area contributed by atoms with Gasteiger partial charge in [-0.1, -0.05) is 0 Å². The lowest BCUT2D eigenvalue weighted by molar-refractivity contribution is -0.128. The number of carbonyl (C=O) groups is 2. The van der Waals surface area contributed by atoms with Gasteiger partial charge >= 0.3 is 6.09 Å². The van der Waals surface area contributed by atoms with Gasteiger partial charge in [0.2, 0.25) is 5.91 Å². The van der Waals surface area contributed by atoms with E-state index >= 15 is 0 Å². The molecule has 2 amide bonds. The molecule has 0 saturated carbocycles. The van der Waals surface area contributed by atoms with Crippen LogP contribution in [0.4, 0.5) is 9.93 Å². The van der Waals surface area contributed by atoms with Crippen LogP contribution in [0.1, 0.15) is 16.3 Å². The second kappa shape index (κ2) is 6.61. The number of aromatic nitrogens is 2. The smallest absolute Gasteiger partial charge is 0.413 e. The second-order valence-electron chi connectivity index (χ2n) is 4.06. The summed E-state index contributed by atoms with van der Waals surface area (Å²) in [4.78, 5) is 32.6. The summed E-state index contributed by atoms with van der Waals surface area (Å²) >= 11 is 2.50. The van der Waals surface area contributed by atoms with E-state index in [9.17, 15) is 14.7 Å². The van der Waals surface area contributed by atoms with E-state index in [0.29, 0.717) is 5.69 Å². The van der Waals surface area contributed by atoms with Gasteiger partial charge in [0.1, 0.15) is 0 Å². The monoisotopic (exact) mass is 328 g/mol. The highest BCUT2D eigenvalue weighted by atomic mass is 32.1. The third kappa shape index (κ3) is 3.74. The number of aryl methyl sites for hydroxylation is 1. The van der Waals surface area contributed by atoms with E-state index in [-0.39, 0.29) is 18.1 Å². The van der Waals surface area contributed by atoms with Crippen molar-refractivity contribution in [3.8, 4) is 0 Å². The number of thiazole rings is 2. The SMILES string of the molecule is Cc1ncsc1CN(C(=O)O)c1nc(CC(=O)NO)cs1. The summed E-state index contributed by atoms with van der Waals surface area (Å²) in [5.74, 6) is -0.605. The molecule has 21 heavy (non-hydrogen) atoms. The minimum atomic E-state index is -1.13. The molecule has 0 radical (unpaired) electrons. The molecule has 2 aromatic rings. The fraction of sp³-hybridized carbons (Fsp3) is 0.273. The lowest BCUT2D eigenvalue weighted by Crippen LogP contribution is -2.28. The van der Waals surface area contributed by atoms with Crippen LogP contribution in [0.2, 0.25) is 0 Å². The van der Waals surface area contributed by atoms with Gasteiger partial charge in [0.25, 0.3) is 0 Å². The number of carboxylic acid groups (broad SMARTS) is 1. The Hall–Kier alpha value is -2.04. The lowest BCUT2D eigenvalue weighted by atomic mass is 10.3. The molecule has 8 nitrogen and oxygen atoms in total. The van der Waals surface area contributed by atoms with Crippen LogP contribution in [0, 0.1) is 6.92 Å². The molecule has 0 saturated heterocycles. The first-order chi connectivity index (χ1) is 10.0. The maximum Gasteiger partial charge on any atom is 0.413 e. The van der Waals surface area contributed by atoms with Crippen LogP contribution < -0.4 is 10.4 Å². The van der Waals surface area contributed by atoms with Gasteiger partial charge in [-0.2, -0.15) is 0 Å². The van der Waals surface area contributed by atoms with Crippen molar-refractivity contribution in [3.63, 3.8) is 0 Å². The molecule has 3 N–H and O–H groups in total. The molecule has 0 aromatic carbocycles. The molecule has 0 atom stereocenters. The van der Waals surface area contributed by atoms with Crippen LogP contribution in [0.25, 0.3) is 0 Å². The first-order valence-corrected chi connectivity index (χ1v) is 7.54. The van der Waals surface area contributed by atoms with Crippen molar-refractivity contribution >= 4 is 39.8 Å². The molecule has 2 aromatic heterocycles. The molecule has 0 aliphatic heterocycles. The van der Waals surface area contributed by atoms with Crippen LogP contribution in [-0.2, 0) is 17.8 Å². The molecule has 0 unspecified atom stereocenters. The standard InChI is InChI=1S/C11H12N4O4S2/c1-6-8(21-5-12-6)3-15(11(17)18)10-13-7(4-20-10)2-9(16)14-19/h4-5,19H,2-3H2,1H3,(H,14,16)(H,17,18). The van der Waals surface area contributed by atoms with E-state index < -0.39 is 12.0 Å². The van der Waals surface area contributed by atoms with Crippen molar-refractivity contribution < 1.29 is 19.9 Å². The van der Waals surface area contributed by atoms with E-state index in [2.05, 4.69) is 9.97 Å². The number of amides is 2. The van der Waals surface area contributed by atoms with Crippen LogP contribution in [-0.4, -0.2) is 32.3 Å². The van der Waals surface area contributed by atoms with Crippen molar-refractivity contribution in [2.45, 2.75) is 19.9 Å². The average Bonchev–Trinajstić information content (AvgIpc) is 3.05. The summed E-state index contributed by atoms with van der Waals surface area (Å²) in [5, 5.41) is 19.6. The Balaban J connectivity index is 2.17. The highest BCUT2D eigenvalue weighted by molar-refractivity contribution is 7.14. The molecule has 0 fully saturated rings. The van der Waals surface area contributed by atoms with Crippen molar-refractivity contribution in [1.29, 1.82) is 0 Å². The summed E-state index contributed by atoms with van der Waals surface area (Å²) in [6.07, 6.45) is -1.24. The third-order valence-corrected chi connectivity index (χ3v) is 4.45. The maximum absolute atomic E-state index is 11.4. The van der Waals surface area contributed by atoms with Gasteiger partial charge in [0, 0.05) is 10.3 Å². The zero-order valence-electron chi connectivity index (χ0n) is 10.9. The highest BCUT2D eigenvalue weighted by Gasteiger charge is 2.20. The summed E-state index contributed by atoms with van der Waals surface area (Å²) in [7, 11) is 0. The first kappa shape index (κ1) is 15.4. The second-order valence-corrected chi connectivity index (χ2v) is 5.84. The number of anilines is 1. The fourth-order valence-corrected chi connectivity index (χ4v) is 3.13. The molecule has 2 rings (SSSR count). The summed E-state index contributed by atoms with van der Waals surface area (Å²) < 4.78 is 0. The first-order valence-electron chi connectivity index (χ1n) is 5.78. The van der Waals surface area contributed by atoms with Gasteiger partial charge < -0.3 is 5.11 Å². The van der Waals surface area contributed by atoms with Crippen LogP contribution >= 0.6 is 22.7 Å². The largest absolute Gasteiger partial charge is 0.465 e. The quantitative estimate of drug-likeness (QED) is 0.567. The Morgan fingerprint density at radius 3 is 2.76 bits per heavy atom. The number of hydrogen-bond donors (Lipinski definition) is 3. The fourth-order valence-electron chi connectivity index (χ4n) is 1.54. The number of nitrogens with zero attached hydrogens (tertiary/aromatic N) is 3. The normalized spacial score (nSPS) is 10.4. The van der Waals surface area contributed by atoms with Crippen LogP contribution in [0.5, 0.6) is 0 Å². The molecule has 0 bridgehead atoms. The zero-order valence-corrected chi connectivity index (χ0v) is 12.6. The Labute approximate surface area is 127 Å². The van der Waals surface area contributed by atoms with E-state index in [1.807, 2.05) is 6.92 Å². The highest BCUT2D eigenvalue weighted by Crippen LogP contribution is 2.25. The van der Waals surface area contributed by atoms with Crippen LogP contribution in [0.3, 0.4) is 0 Å². The third-order valence-electron chi connectivity index (χ3n) is 2.61. The number of rotatable bonds is 5. The van der Waals surface area contributed by atoms with E-state index in [0.717, 1.165) is 26.8 Å². The molecule has 0 aliphatic rings. The van der Waals surface area contributed by atoms with E-state index in [1.54, 1.807) is 10.9 Å². The lowest BCUT2D eigenvalue weighted by Gasteiger charge is -2.15. The molecule has 10 heteroatoms. The van der Waals surface area contributed by atoms with Crippen molar-refractivity contribution in [2.24, 2.45) is 0 Å². The summed E-state index contributed by atoms with van der Waals surface area (Å²) in [5.41, 5.74) is 4.34.